The van der Waals surface area contributed by atoms with Gasteiger partial charge in [-0.1, -0.05) is 0 Å². The predicted molar refractivity (Wildman–Crippen MR) is 66.8 cm³/mol. The molecule has 0 spiro atoms. The lowest BCUT2D eigenvalue weighted by Crippen LogP contribution is -2.22. The van der Waals surface area contributed by atoms with Crippen molar-refractivity contribution in [1.82, 2.24) is 29.4 Å². The van der Waals surface area contributed by atoms with Crippen molar-refractivity contribution in [3.8, 4) is 0 Å². The summed E-state index contributed by atoms with van der Waals surface area (Å²) < 4.78 is 8.07. The van der Waals surface area contributed by atoms with Gasteiger partial charge in [0.2, 0.25) is 0 Å². The molecule has 8 nitrogen and oxygen atoms in total. The quantitative estimate of drug-likeness (QED) is 0.607. The highest BCUT2D eigenvalue weighted by atomic mass is 16.5. The van der Waals surface area contributed by atoms with Crippen molar-refractivity contribution in [2.75, 3.05) is 13.7 Å². The van der Waals surface area contributed by atoms with Crippen molar-refractivity contribution in [2.45, 2.75) is 13.0 Å². The lowest BCUT2D eigenvalue weighted by Gasteiger charge is -2.06. The van der Waals surface area contributed by atoms with E-state index in [0.29, 0.717) is 24.4 Å². The fourth-order valence-electron chi connectivity index (χ4n) is 1.94. The normalized spacial score (nSPS) is 11.4. The van der Waals surface area contributed by atoms with Gasteiger partial charge in [-0.15, -0.1) is 10.2 Å². The lowest BCUT2D eigenvalue weighted by molar-refractivity contribution is 0.190. The zero-order valence-electron chi connectivity index (χ0n) is 10.4. The Morgan fingerprint density at radius 2 is 2.26 bits per heavy atom. The number of hydrogen-bond acceptors (Lipinski definition) is 6. The summed E-state index contributed by atoms with van der Waals surface area (Å²) in [5, 5.41) is 11.8. The average Bonchev–Trinajstić information content (AvgIpc) is 2.90. The van der Waals surface area contributed by atoms with Crippen LogP contribution in [0.3, 0.4) is 0 Å². The molecule has 0 saturated heterocycles. The minimum atomic E-state index is -0.182. The van der Waals surface area contributed by atoms with Gasteiger partial charge in [0.25, 0.3) is 11.3 Å². The van der Waals surface area contributed by atoms with E-state index in [0.717, 1.165) is 6.42 Å². The van der Waals surface area contributed by atoms with Gasteiger partial charge in [0.05, 0.1) is 0 Å². The number of rotatable bonds is 4. The molecule has 0 aliphatic heterocycles. The molecule has 0 unspecified atom stereocenters. The number of ether oxygens (including phenoxy) is 1. The van der Waals surface area contributed by atoms with Crippen LogP contribution >= 0.6 is 0 Å². The van der Waals surface area contributed by atoms with Crippen LogP contribution in [-0.4, -0.2) is 43.1 Å². The first-order chi connectivity index (χ1) is 9.31. The number of nitrogens with zero attached hydrogens (tertiary/aromatic N) is 6. The molecule has 0 N–H and O–H groups in total. The van der Waals surface area contributed by atoms with Crippen LogP contribution in [0.5, 0.6) is 0 Å². The smallest absolute Gasteiger partial charge is 0.280 e. The molecule has 19 heavy (non-hydrogen) atoms. The van der Waals surface area contributed by atoms with Crippen molar-refractivity contribution < 1.29 is 4.74 Å². The van der Waals surface area contributed by atoms with E-state index in [9.17, 15) is 4.79 Å². The summed E-state index contributed by atoms with van der Waals surface area (Å²) in [6.07, 6.45) is 3.87. The fraction of sp³-hybridized carbons (Fsp3) is 0.364. The van der Waals surface area contributed by atoms with E-state index in [1.165, 1.54) is 10.8 Å². The summed E-state index contributed by atoms with van der Waals surface area (Å²) in [4.78, 5) is 16.2. The standard InChI is InChI=1S/C11H12N6O2/c1-19-6-2-4-16-5-3-8-9(10(16)18)14-15-11-12-7-13-17(8)11/h3,5,7H,2,4,6H2,1H3. The van der Waals surface area contributed by atoms with Gasteiger partial charge in [0.15, 0.2) is 5.52 Å². The van der Waals surface area contributed by atoms with Crippen molar-refractivity contribution in [2.24, 2.45) is 0 Å². The highest BCUT2D eigenvalue weighted by Crippen LogP contribution is 2.06. The summed E-state index contributed by atoms with van der Waals surface area (Å²) in [6, 6.07) is 1.79. The van der Waals surface area contributed by atoms with Crippen molar-refractivity contribution in [3.63, 3.8) is 0 Å². The first-order valence-electron chi connectivity index (χ1n) is 5.86. The molecule has 0 aliphatic carbocycles. The Kier molecular flexibility index (Phi) is 2.92. The number of hydrogen-bond donors (Lipinski definition) is 0. The molecule has 0 fully saturated rings. The summed E-state index contributed by atoms with van der Waals surface area (Å²) in [6.45, 7) is 1.19. The third-order valence-corrected chi connectivity index (χ3v) is 2.86. The summed E-state index contributed by atoms with van der Waals surface area (Å²) in [5.41, 5.74) is 0.715. The highest BCUT2D eigenvalue weighted by Gasteiger charge is 2.09. The van der Waals surface area contributed by atoms with Crippen molar-refractivity contribution in [1.29, 1.82) is 0 Å². The van der Waals surface area contributed by atoms with E-state index in [4.69, 9.17) is 4.74 Å². The minimum Gasteiger partial charge on any atom is -0.385 e. The summed E-state index contributed by atoms with van der Waals surface area (Å²) in [5.74, 6) is 0.379. The molecule has 3 aromatic rings. The molecule has 3 aromatic heterocycles. The third kappa shape index (κ3) is 1.95. The molecule has 0 aliphatic rings. The molecule has 3 rings (SSSR count). The second kappa shape index (κ2) is 4.73. The highest BCUT2D eigenvalue weighted by molar-refractivity contribution is 5.74. The molecule has 3 heterocycles. The number of aromatic nitrogens is 6. The van der Waals surface area contributed by atoms with Crippen LogP contribution in [-0.2, 0) is 11.3 Å². The Morgan fingerprint density at radius 3 is 3.11 bits per heavy atom. The van der Waals surface area contributed by atoms with E-state index >= 15 is 0 Å². The zero-order valence-corrected chi connectivity index (χ0v) is 10.4. The second-order valence-electron chi connectivity index (χ2n) is 4.07. The van der Waals surface area contributed by atoms with Crippen LogP contribution in [0.4, 0.5) is 0 Å². The second-order valence-corrected chi connectivity index (χ2v) is 4.07. The first-order valence-corrected chi connectivity index (χ1v) is 5.86. The summed E-state index contributed by atoms with van der Waals surface area (Å²) in [7, 11) is 1.64. The number of fused-ring (bicyclic) bond motifs is 3. The van der Waals surface area contributed by atoms with E-state index in [-0.39, 0.29) is 11.1 Å². The van der Waals surface area contributed by atoms with Crippen LogP contribution in [0, 0.1) is 0 Å². The molecule has 0 radical (unpaired) electrons. The van der Waals surface area contributed by atoms with Crippen LogP contribution < -0.4 is 5.56 Å². The molecular weight excluding hydrogens is 248 g/mol. The Bertz CT molecular complexity index is 778. The molecule has 0 aromatic carbocycles. The van der Waals surface area contributed by atoms with E-state index in [1.807, 2.05) is 0 Å². The maximum atomic E-state index is 12.2. The van der Waals surface area contributed by atoms with Crippen LogP contribution in [0.1, 0.15) is 6.42 Å². The molecule has 0 saturated carbocycles. The Balaban J connectivity index is 2.11. The number of pyridine rings is 1. The predicted octanol–water partition coefficient (Wildman–Crippen LogP) is -0.129. The van der Waals surface area contributed by atoms with Gasteiger partial charge in [0, 0.05) is 26.5 Å². The van der Waals surface area contributed by atoms with Gasteiger partial charge >= 0.3 is 0 Å². The SMILES string of the molecule is COCCCn1ccc2c(nnc3ncnn32)c1=O. The Labute approximate surface area is 107 Å². The molecule has 0 bridgehead atoms. The Morgan fingerprint density at radius 1 is 1.37 bits per heavy atom. The molecule has 8 heteroatoms. The van der Waals surface area contributed by atoms with Crippen LogP contribution in [0.25, 0.3) is 16.8 Å². The maximum absolute atomic E-state index is 12.2. The average molecular weight is 260 g/mol. The topological polar surface area (TPSA) is 87.2 Å². The maximum Gasteiger partial charge on any atom is 0.280 e. The van der Waals surface area contributed by atoms with E-state index in [1.54, 1.807) is 23.9 Å². The van der Waals surface area contributed by atoms with Gasteiger partial charge in [-0.3, -0.25) is 4.79 Å². The van der Waals surface area contributed by atoms with Crippen molar-refractivity contribution >= 4 is 16.8 Å². The molecule has 0 atom stereocenters. The van der Waals surface area contributed by atoms with E-state index in [2.05, 4.69) is 20.3 Å². The molecule has 98 valence electrons. The van der Waals surface area contributed by atoms with Crippen LogP contribution in [0.15, 0.2) is 23.4 Å². The van der Waals surface area contributed by atoms with Crippen LogP contribution in [0.2, 0.25) is 0 Å². The van der Waals surface area contributed by atoms with E-state index < -0.39 is 0 Å². The van der Waals surface area contributed by atoms with Gasteiger partial charge in [-0.05, 0) is 12.5 Å². The first kappa shape index (κ1) is 11.7. The fourth-order valence-corrected chi connectivity index (χ4v) is 1.94. The summed E-state index contributed by atoms with van der Waals surface area (Å²) >= 11 is 0. The molecule has 0 amide bonds. The van der Waals surface area contributed by atoms with Gasteiger partial charge in [-0.2, -0.15) is 14.6 Å². The molecular formula is C11H12N6O2. The lowest BCUT2D eigenvalue weighted by atomic mass is 10.3. The minimum absolute atomic E-state index is 0.182. The largest absolute Gasteiger partial charge is 0.385 e. The third-order valence-electron chi connectivity index (χ3n) is 2.86. The van der Waals surface area contributed by atoms with Gasteiger partial charge in [-0.25, -0.2) is 0 Å². The van der Waals surface area contributed by atoms with Crippen molar-refractivity contribution in [3.05, 3.63) is 28.9 Å². The van der Waals surface area contributed by atoms with Gasteiger partial charge < -0.3 is 9.30 Å². The number of aryl methyl sites for hydroxylation is 1. The number of methoxy groups -OCH3 is 1. The Hall–Kier alpha value is -2.35. The zero-order chi connectivity index (χ0) is 13.2. The monoisotopic (exact) mass is 260 g/mol. The van der Waals surface area contributed by atoms with Gasteiger partial charge in [0.1, 0.15) is 11.8 Å².